The third-order valence-corrected chi connectivity index (χ3v) is 4.49. The summed E-state index contributed by atoms with van der Waals surface area (Å²) in [6, 6.07) is 11.9. The first-order valence-electron chi connectivity index (χ1n) is 7.56. The molecule has 2 aliphatic rings. The van der Waals surface area contributed by atoms with E-state index in [-0.39, 0.29) is 5.82 Å². The van der Waals surface area contributed by atoms with Gasteiger partial charge in [-0.3, -0.25) is 0 Å². The van der Waals surface area contributed by atoms with Gasteiger partial charge in [0.2, 0.25) is 0 Å². The lowest BCUT2D eigenvalue weighted by atomic mass is 10.1. The standard InChI is InChI=1S/C18H18FNO/c19-15-3-4-16-13(10-15)2-5-17(16)20-11-12-1-6-18-14(9-12)7-8-21-18/h1,3-4,6,9-10,17,20H,2,5,7-8,11H2/t17-/m0/s1. The summed E-state index contributed by atoms with van der Waals surface area (Å²) in [4.78, 5) is 0. The van der Waals surface area contributed by atoms with Crippen LogP contribution in [0.4, 0.5) is 4.39 Å². The van der Waals surface area contributed by atoms with Gasteiger partial charge in [0.15, 0.2) is 0 Å². The first kappa shape index (κ1) is 12.8. The van der Waals surface area contributed by atoms with E-state index in [1.54, 1.807) is 12.1 Å². The fraction of sp³-hybridized carbons (Fsp3) is 0.333. The Morgan fingerprint density at radius 1 is 1.10 bits per heavy atom. The van der Waals surface area contributed by atoms with E-state index in [0.29, 0.717) is 6.04 Å². The number of halogens is 1. The van der Waals surface area contributed by atoms with Crippen LogP contribution in [0.25, 0.3) is 0 Å². The number of nitrogens with one attached hydrogen (secondary N) is 1. The lowest BCUT2D eigenvalue weighted by Gasteiger charge is -2.14. The molecule has 2 nitrogen and oxygen atoms in total. The highest BCUT2D eigenvalue weighted by Crippen LogP contribution is 2.32. The minimum absolute atomic E-state index is 0.131. The van der Waals surface area contributed by atoms with Crippen LogP contribution in [0.3, 0.4) is 0 Å². The van der Waals surface area contributed by atoms with Crippen molar-refractivity contribution in [1.29, 1.82) is 0 Å². The van der Waals surface area contributed by atoms with Gasteiger partial charge in [0, 0.05) is 19.0 Å². The van der Waals surface area contributed by atoms with Gasteiger partial charge in [-0.1, -0.05) is 18.2 Å². The zero-order chi connectivity index (χ0) is 14.2. The van der Waals surface area contributed by atoms with Crippen LogP contribution in [0.15, 0.2) is 36.4 Å². The summed E-state index contributed by atoms with van der Waals surface area (Å²) in [6.45, 7) is 1.64. The maximum absolute atomic E-state index is 13.2. The molecule has 1 aliphatic heterocycles. The zero-order valence-corrected chi connectivity index (χ0v) is 11.9. The molecule has 0 fully saturated rings. The Labute approximate surface area is 123 Å². The SMILES string of the molecule is Fc1ccc2c(c1)CC[C@@H]2NCc1ccc2c(c1)CCO2. The van der Waals surface area contributed by atoms with E-state index in [1.807, 2.05) is 6.07 Å². The molecule has 2 aromatic rings. The minimum atomic E-state index is -0.131. The zero-order valence-electron chi connectivity index (χ0n) is 11.9. The first-order chi connectivity index (χ1) is 10.3. The minimum Gasteiger partial charge on any atom is -0.493 e. The molecular weight excluding hydrogens is 265 g/mol. The average molecular weight is 283 g/mol. The van der Waals surface area contributed by atoms with Crippen molar-refractivity contribution in [3.63, 3.8) is 0 Å². The molecule has 4 rings (SSSR count). The third-order valence-electron chi connectivity index (χ3n) is 4.49. The van der Waals surface area contributed by atoms with Gasteiger partial charge in [0.1, 0.15) is 11.6 Å². The van der Waals surface area contributed by atoms with Crippen LogP contribution in [0, 0.1) is 5.82 Å². The van der Waals surface area contributed by atoms with Crippen LogP contribution in [0.5, 0.6) is 5.75 Å². The molecule has 1 aliphatic carbocycles. The molecule has 21 heavy (non-hydrogen) atoms. The molecule has 1 atom stereocenters. The van der Waals surface area contributed by atoms with Gasteiger partial charge in [-0.25, -0.2) is 4.39 Å². The van der Waals surface area contributed by atoms with Gasteiger partial charge >= 0.3 is 0 Å². The molecule has 1 heterocycles. The lowest BCUT2D eigenvalue weighted by molar-refractivity contribution is 0.357. The quantitative estimate of drug-likeness (QED) is 0.930. The van der Waals surface area contributed by atoms with Gasteiger partial charge < -0.3 is 10.1 Å². The van der Waals surface area contributed by atoms with Crippen molar-refractivity contribution in [2.75, 3.05) is 6.61 Å². The Hall–Kier alpha value is -1.87. The monoisotopic (exact) mass is 283 g/mol. The van der Waals surface area contributed by atoms with Crippen molar-refractivity contribution < 1.29 is 9.13 Å². The summed E-state index contributed by atoms with van der Waals surface area (Å²) in [5, 5.41) is 3.60. The van der Waals surface area contributed by atoms with Crippen LogP contribution >= 0.6 is 0 Å². The van der Waals surface area contributed by atoms with Crippen LogP contribution in [-0.4, -0.2) is 6.61 Å². The van der Waals surface area contributed by atoms with Crippen molar-refractivity contribution in [3.8, 4) is 5.75 Å². The van der Waals surface area contributed by atoms with Crippen molar-refractivity contribution in [3.05, 3.63) is 64.5 Å². The number of benzene rings is 2. The Bertz CT molecular complexity index is 683. The molecule has 2 aromatic carbocycles. The second-order valence-electron chi connectivity index (χ2n) is 5.86. The second-order valence-corrected chi connectivity index (χ2v) is 5.86. The van der Waals surface area contributed by atoms with E-state index in [4.69, 9.17) is 4.74 Å². The topological polar surface area (TPSA) is 21.3 Å². The number of rotatable bonds is 3. The Balaban J connectivity index is 1.46. The highest BCUT2D eigenvalue weighted by atomic mass is 19.1. The summed E-state index contributed by atoms with van der Waals surface area (Å²) in [5.74, 6) is 0.897. The molecule has 3 heteroatoms. The fourth-order valence-corrected chi connectivity index (χ4v) is 3.39. The second kappa shape index (κ2) is 5.15. The summed E-state index contributed by atoms with van der Waals surface area (Å²) in [7, 11) is 0. The van der Waals surface area contributed by atoms with E-state index in [0.717, 1.165) is 43.7 Å². The summed E-state index contributed by atoms with van der Waals surface area (Å²) >= 11 is 0. The number of hydrogen-bond donors (Lipinski definition) is 1. The first-order valence-corrected chi connectivity index (χ1v) is 7.56. The number of aryl methyl sites for hydroxylation is 1. The molecular formula is C18H18FNO. The number of ether oxygens (including phenoxy) is 1. The molecule has 0 saturated carbocycles. The molecule has 0 saturated heterocycles. The molecule has 1 N–H and O–H groups in total. The Morgan fingerprint density at radius 3 is 3.00 bits per heavy atom. The Kier molecular flexibility index (Phi) is 3.15. The molecule has 0 unspecified atom stereocenters. The summed E-state index contributed by atoms with van der Waals surface area (Å²) in [5.41, 5.74) is 4.99. The van der Waals surface area contributed by atoms with Crippen molar-refractivity contribution in [1.82, 2.24) is 5.32 Å². The van der Waals surface area contributed by atoms with Crippen molar-refractivity contribution >= 4 is 0 Å². The molecule has 108 valence electrons. The van der Waals surface area contributed by atoms with E-state index in [9.17, 15) is 4.39 Å². The highest BCUT2D eigenvalue weighted by Gasteiger charge is 2.22. The van der Waals surface area contributed by atoms with Gasteiger partial charge in [0.05, 0.1) is 6.61 Å². The molecule has 0 spiro atoms. The highest BCUT2D eigenvalue weighted by molar-refractivity contribution is 5.40. The number of fused-ring (bicyclic) bond motifs is 2. The van der Waals surface area contributed by atoms with Crippen LogP contribution < -0.4 is 10.1 Å². The normalized spacial score (nSPS) is 19.2. The van der Waals surface area contributed by atoms with Crippen LogP contribution in [0.2, 0.25) is 0 Å². The maximum Gasteiger partial charge on any atom is 0.123 e. The molecule has 0 bridgehead atoms. The largest absolute Gasteiger partial charge is 0.493 e. The maximum atomic E-state index is 13.2. The fourth-order valence-electron chi connectivity index (χ4n) is 3.39. The van der Waals surface area contributed by atoms with Gasteiger partial charge in [-0.15, -0.1) is 0 Å². The van der Waals surface area contributed by atoms with E-state index >= 15 is 0 Å². The smallest absolute Gasteiger partial charge is 0.123 e. The van der Waals surface area contributed by atoms with Crippen molar-refractivity contribution in [2.45, 2.75) is 31.8 Å². The van der Waals surface area contributed by atoms with Crippen LogP contribution in [-0.2, 0) is 19.4 Å². The van der Waals surface area contributed by atoms with Gasteiger partial charge in [-0.2, -0.15) is 0 Å². The summed E-state index contributed by atoms with van der Waals surface area (Å²) < 4.78 is 18.8. The average Bonchev–Trinajstić information content (AvgIpc) is 3.10. The Morgan fingerprint density at radius 2 is 2.05 bits per heavy atom. The predicted molar refractivity (Wildman–Crippen MR) is 79.9 cm³/mol. The van der Waals surface area contributed by atoms with E-state index in [1.165, 1.54) is 16.7 Å². The van der Waals surface area contributed by atoms with E-state index < -0.39 is 0 Å². The number of hydrogen-bond acceptors (Lipinski definition) is 2. The lowest BCUT2D eigenvalue weighted by Crippen LogP contribution is -2.18. The van der Waals surface area contributed by atoms with E-state index in [2.05, 4.69) is 23.5 Å². The molecule has 0 radical (unpaired) electrons. The third kappa shape index (κ3) is 2.42. The molecule has 0 amide bonds. The molecule has 0 aromatic heterocycles. The van der Waals surface area contributed by atoms with Gasteiger partial charge in [-0.05, 0) is 53.3 Å². The van der Waals surface area contributed by atoms with Crippen LogP contribution in [0.1, 0.15) is 34.7 Å². The predicted octanol–water partition coefficient (Wildman–Crippen LogP) is 3.54. The summed E-state index contributed by atoms with van der Waals surface area (Å²) in [6.07, 6.45) is 3.02. The van der Waals surface area contributed by atoms with Gasteiger partial charge in [0.25, 0.3) is 0 Å². The van der Waals surface area contributed by atoms with Crippen molar-refractivity contribution in [2.24, 2.45) is 0 Å².